The molecular formula is C11H19NO4S. The summed E-state index contributed by atoms with van der Waals surface area (Å²) in [4.78, 5) is 10.8. The first-order chi connectivity index (χ1) is 7.91. The topological polar surface area (TPSA) is 74.7 Å². The van der Waals surface area contributed by atoms with Gasteiger partial charge in [0.05, 0.1) is 0 Å². The Morgan fingerprint density at radius 3 is 1.94 bits per heavy atom. The third-order valence-electron chi connectivity index (χ3n) is 3.47. The van der Waals surface area contributed by atoms with Crippen LogP contribution in [-0.2, 0) is 14.8 Å². The van der Waals surface area contributed by atoms with E-state index in [1.165, 1.54) is 11.2 Å². The van der Waals surface area contributed by atoms with Crippen molar-refractivity contribution in [3.8, 4) is 0 Å². The lowest BCUT2D eigenvalue weighted by Gasteiger charge is -2.24. The van der Waals surface area contributed by atoms with Crippen molar-refractivity contribution in [1.82, 2.24) is 4.31 Å². The molecule has 0 aromatic heterocycles. The van der Waals surface area contributed by atoms with Crippen LogP contribution < -0.4 is 0 Å². The monoisotopic (exact) mass is 261 g/mol. The van der Waals surface area contributed by atoms with Crippen LogP contribution in [0.25, 0.3) is 0 Å². The highest BCUT2D eigenvalue weighted by molar-refractivity contribution is 7.90. The largest absolute Gasteiger partial charge is 0.480 e. The summed E-state index contributed by atoms with van der Waals surface area (Å²) in [5.74, 6) is -0.365. The standard InChI is InChI=1S/C11H19NO4S/c1-8(11(13)14)17(15,16)12(6-9-2-3-9)7-10-4-5-10/h8-10H,2-7H2,1H3,(H,13,14). The molecule has 2 rings (SSSR count). The van der Waals surface area contributed by atoms with Gasteiger partial charge in [-0.2, -0.15) is 0 Å². The highest BCUT2D eigenvalue weighted by Crippen LogP contribution is 2.35. The average molecular weight is 261 g/mol. The van der Waals surface area contributed by atoms with Gasteiger partial charge in [-0.05, 0) is 44.4 Å². The molecule has 0 amide bonds. The van der Waals surface area contributed by atoms with E-state index in [9.17, 15) is 13.2 Å². The van der Waals surface area contributed by atoms with E-state index < -0.39 is 21.2 Å². The first kappa shape index (κ1) is 12.8. The Labute approximate surface area is 102 Å². The summed E-state index contributed by atoms with van der Waals surface area (Å²) in [5.41, 5.74) is 0. The van der Waals surface area contributed by atoms with Crippen molar-refractivity contribution in [1.29, 1.82) is 0 Å². The molecule has 1 atom stereocenters. The summed E-state index contributed by atoms with van der Waals surface area (Å²) in [6, 6.07) is 0. The van der Waals surface area contributed by atoms with Gasteiger partial charge in [-0.25, -0.2) is 12.7 Å². The van der Waals surface area contributed by atoms with Gasteiger partial charge in [0.25, 0.3) is 0 Å². The minimum absolute atomic E-state index is 0.449. The van der Waals surface area contributed by atoms with E-state index in [0.717, 1.165) is 25.7 Å². The molecule has 17 heavy (non-hydrogen) atoms. The Hall–Kier alpha value is -0.620. The molecule has 0 aliphatic heterocycles. The molecule has 1 N–H and O–H groups in total. The van der Waals surface area contributed by atoms with Crippen molar-refractivity contribution in [2.24, 2.45) is 11.8 Å². The SMILES string of the molecule is CC(C(=O)O)S(=O)(=O)N(CC1CC1)CC1CC1. The van der Waals surface area contributed by atoms with Crippen LogP contribution in [0.15, 0.2) is 0 Å². The Morgan fingerprint density at radius 2 is 1.65 bits per heavy atom. The molecule has 0 aromatic rings. The maximum absolute atomic E-state index is 12.1. The van der Waals surface area contributed by atoms with Crippen molar-refractivity contribution < 1.29 is 18.3 Å². The summed E-state index contributed by atoms with van der Waals surface area (Å²) in [6.45, 7) is 2.28. The summed E-state index contributed by atoms with van der Waals surface area (Å²) in [5, 5.41) is 7.53. The third kappa shape index (κ3) is 3.19. The van der Waals surface area contributed by atoms with Crippen molar-refractivity contribution in [2.45, 2.75) is 37.9 Å². The smallest absolute Gasteiger partial charge is 0.323 e. The predicted octanol–water partition coefficient (Wildman–Crippen LogP) is 0.911. The van der Waals surface area contributed by atoms with Crippen LogP contribution >= 0.6 is 0 Å². The zero-order valence-electron chi connectivity index (χ0n) is 10.0. The minimum atomic E-state index is -3.68. The first-order valence-corrected chi connectivity index (χ1v) is 7.63. The predicted molar refractivity (Wildman–Crippen MR) is 63.0 cm³/mol. The van der Waals surface area contributed by atoms with E-state index in [1.807, 2.05) is 0 Å². The number of carboxylic acid groups (broad SMARTS) is 1. The lowest BCUT2D eigenvalue weighted by atomic mass is 10.4. The van der Waals surface area contributed by atoms with Crippen LogP contribution in [0.2, 0.25) is 0 Å². The van der Waals surface area contributed by atoms with Crippen molar-refractivity contribution >= 4 is 16.0 Å². The van der Waals surface area contributed by atoms with Gasteiger partial charge in [0, 0.05) is 13.1 Å². The zero-order valence-corrected chi connectivity index (χ0v) is 10.8. The van der Waals surface area contributed by atoms with Gasteiger partial charge < -0.3 is 5.11 Å². The second-order valence-corrected chi connectivity index (χ2v) is 7.48. The molecule has 2 aliphatic rings. The highest BCUT2D eigenvalue weighted by Gasteiger charge is 2.39. The molecule has 2 aliphatic carbocycles. The normalized spacial score (nSPS) is 22.7. The molecule has 0 aromatic carbocycles. The van der Waals surface area contributed by atoms with Crippen LogP contribution in [-0.4, -0.2) is 42.1 Å². The zero-order chi connectivity index (χ0) is 12.6. The highest BCUT2D eigenvalue weighted by atomic mass is 32.2. The van der Waals surface area contributed by atoms with Gasteiger partial charge in [-0.15, -0.1) is 0 Å². The minimum Gasteiger partial charge on any atom is -0.480 e. The Bertz CT molecular complexity index is 384. The maximum Gasteiger partial charge on any atom is 0.323 e. The van der Waals surface area contributed by atoms with Gasteiger partial charge in [-0.1, -0.05) is 0 Å². The Morgan fingerprint density at radius 1 is 1.24 bits per heavy atom. The van der Waals surface area contributed by atoms with E-state index in [0.29, 0.717) is 24.9 Å². The third-order valence-corrected chi connectivity index (χ3v) is 5.59. The van der Waals surface area contributed by atoms with Gasteiger partial charge in [0.1, 0.15) is 0 Å². The molecule has 0 bridgehead atoms. The quantitative estimate of drug-likeness (QED) is 0.739. The fourth-order valence-electron chi connectivity index (χ4n) is 1.81. The number of aliphatic carboxylic acids is 1. The second kappa shape index (κ2) is 4.57. The number of nitrogens with zero attached hydrogens (tertiary/aromatic N) is 1. The van der Waals surface area contributed by atoms with Crippen LogP contribution in [0, 0.1) is 11.8 Å². The number of carbonyl (C=O) groups is 1. The van der Waals surface area contributed by atoms with Gasteiger partial charge in [0.2, 0.25) is 10.0 Å². The van der Waals surface area contributed by atoms with E-state index in [-0.39, 0.29) is 0 Å². The van der Waals surface area contributed by atoms with Crippen LogP contribution in [0.1, 0.15) is 32.6 Å². The van der Waals surface area contributed by atoms with Crippen LogP contribution in [0.3, 0.4) is 0 Å². The molecule has 6 heteroatoms. The summed E-state index contributed by atoms with van der Waals surface area (Å²) in [7, 11) is -3.68. The molecule has 1 unspecified atom stereocenters. The molecule has 0 heterocycles. The molecule has 0 radical (unpaired) electrons. The lowest BCUT2D eigenvalue weighted by molar-refractivity contribution is -0.136. The number of carboxylic acids is 1. The van der Waals surface area contributed by atoms with Gasteiger partial charge in [0.15, 0.2) is 5.25 Å². The summed E-state index contributed by atoms with van der Waals surface area (Å²) in [6.07, 6.45) is 4.27. The number of hydrogen-bond donors (Lipinski definition) is 1. The van der Waals surface area contributed by atoms with Crippen molar-refractivity contribution in [3.05, 3.63) is 0 Å². The Kier molecular flexibility index (Phi) is 3.45. The fourth-order valence-corrected chi connectivity index (χ4v) is 3.35. The van der Waals surface area contributed by atoms with Gasteiger partial charge in [-0.3, -0.25) is 4.79 Å². The second-order valence-electron chi connectivity index (χ2n) is 5.23. The molecule has 0 spiro atoms. The molecule has 2 fully saturated rings. The lowest BCUT2D eigenvalue weighted by Crippen LogP contribution is -2.43. The number of sulfonamides is 1. The summed E-state index contributed by atoms with van der Waals surface area (Å²) < 4.78 is 25.7. The van der Waals surface area contributed by atoms with E-state index in [1.54, 1.807) is 0 Å². The molecule has 2 saturated carbocycles. The molecular weight excluding hydrogens is 242 g/mol. The first-order valence-electron chi connectivity index (χ1n) is 6.13. The Balaban J connectivity index is 2.07. The average Bonchev–Trinajstić information content (AvgIpc) is 3.09. The summed E-state index contributed by atoms with van der Waals surface area (Å²) >= 11 is 0. The maximum atomic E-state index is 12.1. The molecule has 0 saturated heterocycles. The van der Waals surface area contributed by atoms with E-state index in [4.69, 9.17) is 5.11 Å². The number of hydrogen-bond acceptors (Lipinski definition) is 3. The fraction of sp³-hybridized carbons (Fsp3) is 0.909. The molecule has 5 nitrogen and oxygen atoms in total. The van der Waals surface area contributed by atoms with Crippen molar-refractivity contribution in [3.63, 3.8) is 0 Å². The number of rotatable bonds is 7. The van der Waals surface area contributed by atoms with E-state index >= 15 is 0 Å². The van der Waals surface area contributed by atoms with Crippen LogP contribution in [0.5, 0.6) is 0 Å². The molecule has 98 valence electrons. The van der Waals surface area contributed by atoms with Crippen LogP contribution in [0.4, 0.5) is 0 Å². The van der Waals surface area contributed by atoms with Gasteiger partial charge >= 0.3 is 5.97 Å². The van der Waals surface area contributed by atoms with E-state index in [2.05, 4.69) is 0 Å². The van der Waals surface area contributed by atoms with Crippen molar-refractivity contribution in [2.75, 3.05) is 13.1 Å².